The molecular weight excluding hydrogens is 324 g/mol. The Morgan fingerprint density at radius 3 is 2.54 bits per heavy atom. The van der Waals surface area contributed by atoms with E-state index in [1.807, 2.05) is 61.5 Å². The van der Waals surface area contributed by atoms with E-state index in [1.165, 1.54) is 0 Å². The number of halogens is 1. The molecule has 4 nitrogen and oxygen atoms in total. The number of carbonyl (C=O) groups excluding carboxylic acids is 1. The van der Waals surface area contributed by atoms with Gasteiger partial charge in [-0.25, -0.2) is 0 Å². The van der Waals surface area contributed by atoms with Gasteiger partial charge in [0, 0.05) is 17.8 Å². The number of nitrogens with one attached hydrogen (secondary N) is 1. The molecule has 0 aliphatic rings. The molecule has 0 aliphatic carbocycles. The van der Waals surface area contributed by atoms with Gasteiger partial charge in [-0.1, -0.05) is 50.2 Å². The van der Waals surface area contributed by atoms with Crippen molar-refractivity contribution in [2.24, 2.45) is 11.7 Å². The van der Waals surface area contributed by atoms with Crippen molar-refractivity contribution in [3.05, 3.63) is 60.2 Å². The van der Waals surface area contributed by atoms with E-state index in [-0.39, 0.29) is 30.3 Å². The molecule has 2 aromatic carbocycles. The van der Waals surface area contributed by atoms with E-state index in [0.717, 1.165) is 23.4 Å². The minimum absolute atomic E-state index is 0. The molecule has 2 aromatic rings. The van der Waals surface area contributed by atoms with Crippen LogP contribution in [0.2, 0.25) is 0 Å². The highest BCUT2D eigenvalue weighted by molar-refractivity contribution is 5.93. The third-order valence-corrected chi connectivity index (χ3v) is 3.71. The standard InChI is InChI=1S/C19H24N2O2.ClH/c1-3-12-23-17-11-7-10-16(13-17)21-19(22)14(2)18(20)15-8-5-4-6-9-15;/h4-11,13-14,18H,3,12,20H2,1-2H3,(H,21,22);1H. The fourth-order valence-electron chi connectivity index (χ4n) is 2.27. The Morgan fingerprint density at radius 1 is 1.17 bits per heavy atom. The molecule has 0 radical (unpaired) electrons. The van der Waals surface area contributed by atoms with E-state index >= 15 is 0 Å². The van der Waals surface area contributed by atoms with Crippen LogP contribution in [0.5, 0.6) is 5.75 Å². The van der Waals surface area contributed by atoms with Gasteiger partial charge in [0.2, 0.25) is 5.91 Å². The van der Waals surface area contributed by atoms with E-state index in [2.05, 4.69) is 12.2 Å². The summed E-state index contributed by atoms with van der Waals surface area (Å²) in [7, 11) is 0. The van der Waals surface area contributed by atoms with Crippen LogP contribution in [0.25, 0.3) is 0 Å². The maximum atomic E-state index is 12.4. The van der Waals surface area contributed by atoms with Crippen LogP contribution in [0, 0.1) is 5.92 Å². The molecule has 130 valence electrons. The van der Waals surface area contributed by atoms with Gasteiger partial charge in [0.05, 0.1) is 12.5 Å². The smallest absolute Gasteiger partial charge is 0.229 e. The normalized spacial score (nSPS) is 12.6. The van der Waals surface area contributed by atoms with Gasteiger partial charge in [-0.15, -0.1) is 12.4 Å². The second-order valence-electron chi connectivity index (χ2n) is 5.59. The molecule has 2 atom stereocenters. The fraction of sp³-hybridized carbons (Fsp3) is 0.316. The molecule has 0 aliphatic heterocycles. The predicted molar refractivity (Wildman–Crippen MR) is 101 cm³/mol. The number of carbonyl (C=O) groups is 1. The first kappa shape index (κ1) is 20.0. The summed E-state index contributed by atoms with van der Waals surface area (Å²) in [5.41, 5.74) is 7.88. The van der Waals surface area contributed by atoms with Gasteiger partial charge in [-0.3, -0.25) is 4.79 Å². The van der Waals surface area contributed by atoms with Crippen LogP contribution >= 0.6 is 12.4 Å². The highest BCUT2D eigenvalue weighted by Crippen LogP contribution is 2.22. The van der Waals surface area contributed by atoms with Crippen LogP contribution in [0.4, 0.5) is 5.69 Å². The monoisotopic (exact) mass is 348 g/mol. The van der Waals surface area contributed by atoms with E-state index < -0.39 is 0 Å². The SMILES string of the molecule is CCCOc1cccc(NC(=O)C(C)C(N)c2ccccc2)c1.Cl. The first-order valence-electron chi connectivity index (χ1n) is 7.96. The Kier molecular flexibility index (Phi) is 8.30. The molecule has 0 saturated carbocycles. The van der Waals surface area contributed by atoms with Gasteiger partial charge < -0.3 is 15.8 Å². The molecular formula is C19H25ClN2O2. The molecule has 2 unspecified atom stereocenters. The molecule has 24 heavy (non-hydrogen) atoms. The van der Waals surface area contributed by atoms with Crippen LogP contribution in [0.1, 0.15) is 31.9 Å². The number of hydrogen-bond acceptors (Lipinski definition) is 3. The summed E-state index contributed by atoms with van der Waals surface area (Å²) in [5.74, 6) is 0.316. The van der Waals surface area contributed by atoms with Gasteiger partial charge in [0.15, 0.2) is 0 Å². The van der Waals surface area contributed by atoms with Crippen molar-refractivity contribution in [2.75, 3.05) is 11.9 Å². The lowest BCUT2D eigenvalue weighted by Crippen LogP contribution is -2.30. The largest absolute Gasteiger partial charge is 0.494 e. The molecule has 2 rings (SSSR count). The number of anilines is 1. The topological polar surface area (TPSA) is 64.3 Å². The minimum Gasteiger partial charge on any atom is -0.494 e. The van der Waals surface area contributed by atoms with Crippen molar-refractivity contribution in [3.63, 3.8) is 0 Å². The molecule has 0 saturated heterocycles. The number of benzene rings is 2. The maximum absolute atomic E-state index is 12.4. The summed E-state index contributed by atoms with van der Waals surface area (Å²) < 4.78 is 5.58. The number of ether oxygens (including phenoxy) is 1. The van der Waals surface area contributed by atoms with Crippen LogP contribution < -0.4 is 15.8 Å². The fourth-order valence-corrected chi connectivity index (χ4v) is 2.27. The highest BCUT2D eigenvalue weighted by Gasteiger charge is 2.22. The second kappa shape index (κ2) is 9.96. The van der Waals surface area contributed by atoms with Crippen LogP contribution in [-0.2, 0) is 4.79 Å². The quantitative estimate of drug-likeness (QED) is 0.789. The molecule has 5 heteroatoms. The molecule has 1 amide bonds. The molecule has 0 bridgehead atoms. The number of hydrogen-bond donors (Lipinski definition) is 2. The molecule has 3 N–H and O–H groups in total. The van der Waals surface area contributed by atoms with Gasteiger partial charge in [0.1, 0.15) is 5.75 Å². The summed E-state index contributed by atoms with van der Waals surface area (Å²) in [6.45, 7) is 4.55. The van der Waals surface area contributed by atoms with Gasteiger partial charge in [-0.2, -0.15) is 0 Å². The van der Waals surface area contributed by atoms with E-state index in [4.69, 9.17) is 10.5 Å². The Balaban J connectivity index is 0.00000288. The van der Waals surface area contributed by atoms with Crippen LogP contribution in [0.15, 0.2) is 54.6 Å². The Morgan fingerprint density at radius 2 is 1.88 bits per heavy atom. The zero-order chi connectivity index (χ0) is 16.7. The van der Waals surface area contributed by atoms with Crippen LogP contribution in [-0.4, -0.2) is 12.5 Å². The van der Waals surface area contributed by atoms with Gasteiger partial charge >= 0.3 is 0 Å². The lowest BCUT2D eigenvalue weighted by molar-refractivity contribution is -0.120. The van der Waals surface area contributed by atoms with Gasteiger partial charge in [-0.05, 0) is 24.1 Å². The lowest BCUT2D eigenvalue weighted by atomic mass is 9.94. The van der Waals surface area contributed by atoms with Crippen molar-refractivity contribution < 1.29 is 9.53 Å². The first-order valence-corrected chi connectivity index (χ1v) is 7.96. The lowest BCUT2D eigenvalue weighted by Gasteiger charge is -2.20. The van der Waals surface area contributed by atoms with E-state index in [0.29, 0.717) is 6.61 Å². The summed E-state index contributed by atoms with van der Waals surface area (Å²) >= 11 is 0. The van der Waals surface area contributed by atoms with Crippen molar-refractivity contribution in [1.82, 2.24) is 0 Å². The minimum atomic E-state index is -0.337. The number of rotatable bonds is 7. The summed E-state index contributed by atoms with van der Waals surface area (Å²) in [5, 5.41) is 2.91. The maximum Gasteiger partial charge on any atom is 0.229 e. The van der Waals surface area contributed by atoms with Crippen molar-refractivity contribution in [2.45, 2.75) is 26.3 Å². The number of nitrogens with two attached hydrogens (primary N) is 1. The molecule has 0 spiro atoms. The third kappa shape index (κ3) is 5.55. The second-order valence-corrected chi connectivity index (χ2v) is 5.59. The van der Waals surface area contributed by atoms with Gasteiger partial charge in [0.25, 0.3) is 0 Å². The Labute approximate surface area is 149 Å². The summed E-state index contributed by atoms with van der Waals surface area (Å²) in [6, 6.07) is 16.7. The average Bonchev–Trinajstić information content (AvgIpc) is 2.59. The molecule has 0 heterocycles. The summed E-state index contributed by atoms with van der Waals surface area (Å²) in [4.78, 5) is 12.4. The average molecular weight is 349 g/mol. The molecule has 0 fully saturated rings. The van der Waals surface area contributed by atoms with E-state index in [9.17, 15) is 4.79 Å². The predicted octanol–water partition coefficient (Wildman–Crippen LogP) is 4.17. The van der Waals surface area contributed by atoms with Crippen molar-refractivity contribution in [1.29, 1.82) is 0 Å². The van der Waals surface area contributed by atoms with Crippen molar-refractivity contribution >= 4 is 24.0 Å². The van der Waals surface area contributed by atoms with Crippen LogP contribution in [0.3, 0.4) is 0 Å². The third-order valence-electron chi connectivity index (χ3n) is 3.71. The zero-order valence-electron chi connectivity index (χ0n) is 14.1. The summed E-state index contributed by atoms with van der Waals surface area (Å²) in [6.07, 6.45) is 0.944. The Hall–Kier alpha value is -2.04. The molecule has 0 aromatic heterocycles. The first-order chi connectivity index (χ1) is 11.1. The zero-order valence-corrected chi connectivity index (χ0v) is 14.9. The Bertz CT molecular complexity index is 634. The van der Waals surface area contributed by atoms with Crippen molar-refractivity contribution in [3.8, 4) is 5.75 Å². The number of amides is 1. The highest BCUT2D eigenvalue weighted by atomic mass is 35.5. The van der Waals surface area contributed by atoms with E-state index in [1.54, 1.807) is 0 Å².